The molecule has 0 aliphatic carbocycles. The van der Waals surface area contributed by atoms with Crippen LogP contribution in [0, 0.1) is 6.92 Å². The lowest BCUT2D eigenvalue weighted by Crippen LogP contribution is -2.31. The van der Waals surface area contributed by atoms with Crippen LogP contribution in [-0.4, -0.2) is 18.3 Å². The first-order chi connectivity index (χ1) is 8.77. The minimum Gasteiger partial charge on any atom is -0.313 e. The Bertz CT molecular complexity index is 317. The van der Waals surface area contributed by atoms with Crippen LogP contribution in [0.25, 0.3) is 0 Å². The van der Waals surface area contributed by atoms with Gasteiger partial charge >= 0.3 is 0 Å². The van der Waals surface area contributed by atoms with Gasteiger partial charge in [-0.25, -0.2) is 0 Å². The van der Waals surface area contributed by atoms with Crippen molar-refractivity contribution >= 4 is 11.8 Å². The number of thioether (sulfide) groups is 1. The molecular formula is C16H27NS. The summed E-state index contributed by atoms with van der Waals surface area (Å²) < 4.78 is 0. The number of rotatable bonds is 9. The molecule has 0 radical (unpaired) electrons. The highest BCUT2D eigenvalue weighted by atomic mass is 32.2. The van der Waals surface area contributed by atoms with E-state index < -0.39 is 0 Å². The van der Waals surface area contributed by atoms with E-state index in [1.807, 2.05) is 11.8 Å². The number of aryl methyl sites for hydroxylation is 1. The molecule has 1 aromatic carbocycles. The molecule has 18 heavy (non-hydrogen) atoms. The predicted octanol–water partition coefficient (Wildman–Crippen LogP) is 4.65. The summed E-state index contributed by atoms with van der Waals surface area (Å²) in [6.45, 7) is 7.84. The van der Waals surface area contributed by atoms with Gasteiger partial charge in [-0.2, -0.15) is 0 Å². The van der Waals surface area contributed by atoms with Crippen LogP contribution in [0.2, 0.25) is 0 Å². The molecule has 0 amide bonds. The van der Waals surface area contributed by atoms with Gasteiger partial charge in [0, 0.05) is 16.7 Å². The second-order valence-corrected chi connectivity index (χ2v) is 5.93. The Morgan fingerprint density at radius 1 is 1.17 bits per heavy atom. The normalized spacial score (nSPS) is 12.6. The van der Waals surface area contributed by atoms with Gasteiger partial charge in [-0.05, 0) is 37.9 Å². The van der Waals surface area contributed by atoms with E-state index in [4.69, 9.17) is 0 Å². The van der Waals surface area contributed by atoms with Crippen LogP contribution in [0.5, 0.6) is 0 Å². The standard InChI is InChI=1S/C16H27NS/c1-4-6-10-15(17-12-5-2)13-18-16-11-8-7-9-14(16)3/h7-9,11,15,17H,4-6,10,12-13H2,1-3H3. The summed E-state index contributed by atoms with van der Waals surface area (Å²) in [5, 5.41) is 3.67. The van der Waals surface area contributed by atoms with E-state index in [-0.39, 0.29) is 0 Å². The van der Waals surface area contributed by atoms with E-state index >= 15 is 0 Å². The van der Waals surface area contributed by atoms with Gasteiger partial charge in [0.2, 0.25) is 0 Å². The molecular weight excluding hydrogens is 238 g/mol. The molecule has 0 heterocycles. The number of hydrogen-bond donors (Lipinski definition) is 1. The smallest absolute Gasteiger partial charge is 0.0161 e. The summed E-state index contributed by atoms with van der Waals surface area (Å²) in [6, 6.07) is 9.34. The average molecular weight is 265 g/mol. The minimum absolute atomic E-state index is 0.662. The van der Waals surface area contributed by atoms with E-state index in [0.29, 0.717) is 6.04 Å². The van der Waals surface area contributed by atoms with Crippen molar-refractivity contribution in [1.29, 1.82) is 0 Å². The molecule has 0 fully saturated rings. The summed E-state index contributed by atoms with van der Waals surface area (Å²) in [7, 11) is 0. The predicted molar refractivity (Wildman–Crippen MR) is 83.5 cm³/mol. The van der Waals surface area contributed by atoms with E-state index in [0.717, 1.165) is 6.54 Å². The van der Waals surface area contributed by atoms with Crippen LogP contribution in [-0.2, 0) is 0 Å². The van der Waals surface area contributed by atoms with Crippen LogP contribution in [0.3, 0.4) is 0 Å². The summed E-state index contributed by atoms with van der Waals surface area (Å²) in [5.41, 5.74) is 1.40. The topological polar surface area (TPSA) is 12.0 Å². The van der Waals surface area contributed by atoms with Crippen molar-refractivity contribution in [3.8, 4) is 0 Å². The Balaban J connectivity index is 2.42. The molecule has 0 spiro atoms. The van der Waals surface area contributed by atoms with Crippen molar-refractivity contribution in [2.24, 2.45) is 0 Å². The van der Waals surface area contributed by atoms with Crippen LogP contribution in [0.4, 0.5) is 0 Å². The molecule has 0 saturated carbocycles. The molecule has 0 aromatic heterocycles. The average Bonchev–Trinajstić information content (AvgIpc) is 2.39. The molecule has 0 aliphatic heterocycles. The first kappa shape index (κ1) is 15.6. The third-order valence-electron chi connectivity index (χ3n) is 3.12. The SMILES string of the molecule is CCCCC(CSc1ccccc1C)NCCC. The molecule has 102 valence electrons. The van der Waals surface area contributed by atoms with E-state index in [1.165, 1.54) is 41.9 Å². The van der Waals surface area contributed by atoms with Crippen LogP contribution >= 0.6 is 11.8 Å². The van der Waals surface area contributed by atoms with Crippen molar-refractivity contribution in [2.75, 3.05) is 12.3 Å². The van der Waals surface area contributed by atoms with Crippen LogP contribution in [0.15, 0.2) is 29.2 Å². The highest BCUT2D eigenvalue weighted by Crippen LogP contribution is 2.23. The quantitative estimate of drug-likeness (QED) is 0.653. The highest BCUT2D eigenvalue weighted by molar-refractivity contribution is 7.99. The molecule has 0 bridgehead atoms. The molecule has 1 unspecified atom stereocenters. The molecule has 1 N–H and O–H groups in total. The lowest BCUT2D eigenvalue weighted by atomic mass is 10.1. The van der Waals surface area contributed by atoms with Gasteiger partial charge in [0.25, 0.3) is 0 Å². The third-order valence-corrected chi connectivity index (χ3v) is 4.46. The van der Waals surface area contributed by atoms with E-state index in [2.05, 4.69) is 50.4 Å². The molecule has 1 aromatic rings. The second kappa shape index (κ2) is 9.46. The zero-order valence-electron chi connectivity index (χ0n) is 12.0. The fraction of sp³-hybridized carbons (Fsp3) is 0.625. The fourth-order valence-electron chi connectivity index (χ4n) is 1.95. The zero-order valence-corrected chi connectivity index (χ0v) is 12.9. The van der Waals surface area contributed by atoms with Gasteiger partial charge in [-0.3, -0.25) is 0 Å². The number of hydrogen-bond acceptors (Lipinski definition) is 2. The third kappa shape index (κ3) is 5.92. The Hall–Kier alpha value is -0.470. The Morgan fingerprint density at radius 2 is 1.94 bits per heavy atom. The zero-order chi connectivity index (χ0) is 13.2. The fourth-order valence-corrected chi connectivity index (χ4v) is 3.09. The number of nitrogens with one attached hydrogen (secondary N) is 1. The maximum absolute atomic E-state index is 3.67. The van der Waals surface area contributed by atoms with E-state index in [1.54, 1.807) is 0 Å². The monoisotopic (exact) mass is 265 g/mol. The summed E-state index contributed by atoms with van der Waals surface area (Å²) in [5.74, 6) is 1.19. The summed E-state index contributed by atoms with van der Waals surface area (Å²) in [4.78, 5) is 1.43. The largest absolute Gasteiger partial charge is 0.313 e. The first-order valence-corrected chi connectivity index (χ1v) is 8.18. The Labute approximate surface area is 117 Å². The van der Waals surface area contributed by atoms with Crippen molar-refractivity contribution in [3.63, 3.8) is 0 Å². The van der Waals surface area contributed by atoms with E-state index in [9.17, 15) is 0 Å². The summed E-state index contributed by atoms with van der Waals surface area (Å²) >= 11 is 1.99. The minimum atomic E-state index is 0.662. The molecule has 1 rings (SSSR count). The van der Waals surface area contributed by atoms with Crippen molar-refractivity contribution in [2.45, 2.75) is 57.4 Å². The number of unbranched alkanes of at least 4 members (excludes halogenated alkanes) is 1. The Kier molecular flexibility index (Phi) is 8.19. The lowest BCUT2D eigenvalue weighted by molar-refractivity contribution is 0.501. The van der Waals surface area contributed by atoms with Crippen LogP contribution < -0.4 is 5.32 Å². The first-order valence-electron chi connectivity index (χ1n) is 7.19. The van der Waals surface area contributed by atoms with Gasteiger partial charge < -0.3 is 5.32 Å². The maximum Gasteiger partial charge on any atom is 0.0161 e. The lowest BCUT2D eigenvalue weighted by Gasteiger charge is -2.18. The molecule has 1 atom stereocenters. The summed E-state index contributed by atoms with van der Waals surface area (Å²) in [6.07, 6.45) is 5.14. The van der Waals surface area contributed by atoms with Gasteiger partial charge in [-0.15, -0.1) is 11.8 Å². The molecule has 0 aliphatic rings. The highest BCUT2D eigenvalue weighted by Gasteiger charge is 2.08. The maximum atomic E-state index is 3.67. The molecule has 2 heteroatoms. The van der Waals surface area contributed by atoms with Gasteiger partial charge in [0.05, 0.1) is 0 Å². The van der Waals surface area contributed by atoms with Crippen molar-refractivity contribution < 1.29 is 0 Å². The van der Waals surface area contributed by atoms with Crippen molar-refractivity contribution in [3.05, 3.63) is 29.8 Å². The Morgan fingerprint density at radius 3 is 2.61 bits per heavy atom. The molecule has 0 saturated heterocycles. The van der Waals surface area contributed by atoms with Gasteiger partial charge in [-0.1, -0.05) is 44.9 Å². The van der Waals surface area contributed by atoms with Gasteiger partial charge in [0.1, 0.15) is 0 Å². The van der Waals surface area contributed by atoms with Gasteiger partial charge in [0.15, 0.2) is 0 Å². The van der Waals surface area contributed by atoms with Crippen molar-refractivity contribution in [1.82, 2.24) is 5.32 Å². The van der Waals surface area contributed by atoms with Crippen LogP contribution in [0.1, 0.15) is 45.1 Å². The number of benzene rings is 1. The molecule has 1 nitrogen and oxygen atoms in total. The second-order valence-electron chi connectivity index (χ2n) is 4.87.